The highest BCUT2D eigenvalue weighted by molar-refractivity contribution is 5.81. The molecular weight excluding hydrogens is 246 g/mol. The first-order valence-corrected chi connectivity index (χ1v) is 7.84. The van der Waals surface area contributed by atoms with E-state index in [9.17, 15) is 0 Å². The van der Waals surface area contributed by atoms with Gasteiger partial charge in [0.25, 0.3) is 0 Å². The Kier molecular flexibility index (Phi) is 2.84. The maximum Gasteiger partial charge on any atom is 0.0718 e. The summed E-state index contributed by atoms with van der Waals surface area (Å²) in [6.45, 7) is 0. The molecule has 1 aromatic carbocycles. The van der Waals surface area contributed by atoms with Crippen molar-refractivity contribution in [2.45, 2.75) is 31.7 Å². The third kappa shape index (κ3) is 1.96. The van der Waals surface area contributed by atoms with Crippen LogP contribution in [-0.2, 0) is 13.5 Å². The molecule has 4 rings (SSSR count). The van der Waals surface area contributed by atoms with Gasteiger partial charge in [0.15, 0.2) is 0 Å². The fourth-order valence-electron chi connectivity index (χ4n) is 4.24. The number of fused-ring (bicyclic) bond motifs is 2. The lowest BCUT2D eigenvalue weighted by Crippen LogP contribution is -2.35. The van der Waals surface area contributed by atoms with Crippen LogP contribution in [0.15, 0.2) is 24.3 Å². The predicted octanol–water partition coefficient (Wildman–Crippen LogP) is 2.75. The Morgan fingerprint density at radius 1 is 1.25 bits per heavy atom. The zero-order valence-electron chi connectivity index (χ0n) is 12.3. The Labute approximate surface area is 120 Å². The monoisotopic (exact) mass is 269 g/mol. The van der Waals surface area contributed by atoms with Gasteiger partial charge >= 0.3 is 0 Å². The number of para-hydroxylation sites is 1. The zero-order valence-corrected chi connectivity index (χ0v) is 12.3. The Morgan fingerprint density at radius 3 is 2.75 bits per heavy atom. The first-order valence-electron chi connectivity index (χ1n) is 7.84. The second-order valence-corrected chi connectivity index (χ2v) is 6.67. The van der Waals surface area contributed by atoms with Crippen molar-refractivity contribution in [3.05, 3.63) is 30.0 Å². The van der Waals surface area contributed by atoms with E-state index in [2.05, 4.69) is 36.6 Å². The van der Waals surface area contributed by atoms with E-state index in [-0.39, 0.29) is 0 Å². The highest BCUT2D eigenvalue weighted by Gasteiger charge is 2.47. The standard InChI is InChI=1S/C17H23N3/c1-18-15(13-8-11-7-12(11)9-13)10-16-14-5-3-4-6-17(14)20(2)19-16/h3-6,11-13,15,18H,7-10H2,1-2H3. The lowest BCUT2D eigenvalue weighted by Gasteiger charge is -2.23. The summed E-state index contributed by atoms with van der Waals surface area (Å²) in [6, 6.07) is 9.16. The molecule has 3 unspecified atom stereocenters. The molecule has 0 amide bonds. The summed E-state index contributed by atoms with van der Waals surface area (Å²) in [5.74, 6) is 2.96. The van der Waals surface area contributed by atoms with Gasteiger partial charge in [0.2, 0.25) is 0 Å². The second kappa shape index (κ2) is 4.59. The average molecular weight is 269 g/mol. The quantitative estimate of drug-likeness (QED) is 0.925. The van der Waals surface area contributed by atoms with E-state index in [0.29, 0.717) is 6.04 Å². The number of nitrogens with one attached hydrogen (secondary N) is 1. The second-order valence-electron chi connectivity index (χ2n) is 6.67. The minimum atomic E-state index is 0.584. The smallest absolute Gasteiger partial charge is 0.0718 e. The number of aromatic nitrogens is 2. The Hall–Kier alpha value is -1.35. The molecule has 0 bridgehead atoms. The van der Waals surface area contributed by atoms with E-state index < -0.39 is 0 Å². The van der Waals surface area contributed by atoms with Gasteiger partial charge in [-0.05, 0) is 50.1 Å². The summed E-state index contributed by atoms with van der Waals surface area (Å²) in [6.07, 6.45) is 5.42. The van der Waals surface area contributed by atoms with E-state index >= 15 is 0 Å². The molecule has 2 fully saturated rings. The number of hydrogen-bond acceptors (Lipinski definition) is 2. The predicted molar refractivity (Wildman–Crippen MR) is 81.6 cm³/mol. The van der Waals surface area contributed by atoms with Gasteiger partial charge in [0, 0.05) is 24.9 Å². The third-order valence-corrected chi connectivity index (χ3v) is 5.47. The molecule has 0 radical (unpaired) electrons. The average Bonchev–Trinajstić information content (AvgIpc) is 2.95. The minimum absolute atomic E-state index is 0.584. The van der Waals surface area contributed by atoms with E-state index in [1.165, 1.54) is 35.9 Å². The van der Waals surface area contributed by atoms with E-state index in [4.69, 9.17) is 5.10 Å². The van der Waals surface area contributed by atoms with Crippen molar-refractivity contribution in [2.75, 3.05) is 7.05 Å². The van der Waals surface area contributed by atoms with Crippen LogP contribution >= 0.6 is 0 Å². The molecule has 1 heterocycles. The molecule has 1 N–H and O–H groups in total. The van der Waals surface area contributed by atoms with Gasteiger partial charge in [-0.2, -0.15) is 5.10 Å². The molecule has 0 aliphatic heterocycles. The third-order valence-electron chi connectivity index (χ3n) is 5.47. The van der Waals surface area contributed by atoms with Gasteiger partial charge in [-0.3, -0.25) is 4.68 Å². The van der Waals surface area contributed by atoms with Gasteiger partial charge in [0.1, 0.15) is 0 Å². The summed E-state index contributed by atoms with van der Waals surface area (Å²) in [5.41, 5.74) is 2.50. The number of hydrogen-bond donors (Lipinski definition) is 1. The van der Waals surface area contributed by atoms with Crippen molar-refractivity contribution in [2.24, 2.45) is 24.8 Å². The van der Waals surface area contributed by atoms with Gasteiger partial charge in [0.05, 0.1) is 11.2 Å². The number of rotatable bonds is 4. The fourth-order valence-corrected chi connectivity index (χ4v) is 4.24. The highest BCUT2D eigenvalue weighted by atomic mass is 15.3. The lowest BCUT2D eigenvalue weighted by atomic mass is 9.90. The van der Waals surface area contributed by atoms with Crippen LogP contribution in [0.25, 0.3) is 10.9 Å². The molecule has 3 heteroatoms. The number of likely N-dealkylation sites (N-methyl/N-ethyl adjacent to an activating group) is 1. The van der Waals surface area contributed by atoms with Gasteiger partial charge in [-0.15, -0.1) is 0 Å². The molecule has 2 aromatic rings. The molecule has 3 nitrogen and oxygen atoms in total. The molecule has 0 saturated heterocycles. The highest BCUT2D eigenvalue weighted by Crippen LogP contribution is 2.55. The molecule has 2 aliphatic rings. The fraction of sp³-hybridized carbons (Fsp3) is 0.588. The van der Waals surface area contributed by atoms with Crippen molar-refractivity contribution in [1.29, 1.82) is 0 Å². The van der Waals surface area contributed by atoms with Gasteiger partial charge in [-0.25, -0.2) is 0 Å². The van der Waals surface area contributed by atoms with E-state index in [1.807, 2.05) is 11.7 Å². The van der Waals surface area contributed by atoms with E-state index in [0.717, 1.165) is 24.2 Å². The van der Waals surface area contributed by atoms with Crippen LogP contribution in [0, 0.1) is 17.8 Å². The van der Waals surface area contributed by atoms with Crippen molar-refractivity contribution < 1.29 is 0 Å². The van der Waals surface area contributed by atoms with Crippen LogP contribution in [0.2, 0.25) is 0 Å². The normalized spacial score (nSPS) is 29.6. The van der Waals surface area contributed by atoms with E-state index in [1.54, 1.807) is 0 Å². The van der Waals surface area contributed by atoms with Crippen molar-refractivity contribution in [1.82, 2.24) is 15.1 Å². The van der Waals surface area contributed by atoms with Crippen molar-refractivity contribution in [3.8, 4) is 0 Å². The SMILES string of the molecule is CNC(Cc1nn(C)c2ccccc12)C1CC2CC2C1. The summed E-state index contributed by atoms with van der Waals surface area (Å²) < 4.78 is 2.02. The minimum Gasteiger partial charge on any atom is -0.316 e. The molecule has 20 heavy (non-hydrogen) atoms. The number of nitrogens with zero attached hydrogens (tertiary/aromatic N) is 2. The first-order chi connectivity index (χ1) is 9.76. The van der Waals surface area contributed by atoms with Crippen LogP contribution < -0.4 is 5.32 Å². The summed E-state index contributed by atoms with van der Waals surface area (Å²) in [5, 5.41) is 9.63. The van der Waals surface area contributed by atoms with Crippen LogP contribution in [0.1, 0.15) is 25.0 Å². The van der Waals surface area contributed by atoms with Crippen LogP contribution in [-0.4, -0.2) is 22.9 Å². The number of benzene rings is 1. The zero-order chi connectivity index (χ0) is 13.7. The maximum absolute atomic E-state index is 4.76. The summed E-state index contributed by atoms with van der Waals surface area (Å²) >= 11 is 0. The molecule has 106 valence electrons. The van der Waals surface area contributed by atoms with Gasteiger partial charge < -0.3 is 5.32 Å². The van der Waals surface area contributed by atoms with Gasteiger partial charge in [-0.1, -0.05) is 18.2 Å². The molecule has 3 atom stereocenters. The lowest BCUT2D eigenvalue weighted by molar-refractivity contribution is 0.347. The topological polar surface area (TPSA) is 29.9 Å². The Bertz CT molecular complexity index is 620. The largest absolute Gasteiger partial charge is 0.316 e. The molecular formula is C17H23N3. The Balaban J connectivity index is 1.59. The molecule has 0 spiro atoms. The van der Waals surface area contributed by atoms with Crippen LogP contribution in [0.3, 0.4) is 0 Å². The molecule has 1 aromatic heterocycles. The summed E-state index contributed by atoms with van der Waals surface area (Å²) in [7, 11) is 4.16. The molecule has 2 aliphatic carbocycles. The summed E-state index contributed by atoms with van der Waals surface area (Å²) in [4.78, 5) is 0. The van der Waals surface area contributed by atoms with Crippen LogP contribution in [0.4, 0.5) is 0 Å². The van der Waals surface area contributed by atoms with Crippen molar-refractivity contribution in [3.63, 3.8) is 0 Å². The number of aryl methyl sites for hydroxylation is 1. The molecule has 2 saturated carbocycles. The Morgan fingerprint density at radius 2 is 2.00 bits per heavy atom. The first kappa shape index (κ1) is 12.4. The van der Waals surface area contributed by atoms with Crippen molar-refractivity contribution >= 4 is 10.9 Å². The maximum atomic E-state index is 4.76. The van der Waals surface area contributed by atoms with Crippen LogP contribution in [0.5, 0.6) is 0 Å².